The van der Waals surface area contributed by atoms with Crippen molar-refractivity contribution in [1.29, 1.82) is 0 Å². The summed E-state index contributed by atoms with van der Waals surface area (Å²) in [5.41, 5.74) is 18.6. The Hall–Kier alpha value is -6.88. The number of primary amides is 2. The van der Waals surface area contributed by atoms with Crippen LogP contribution in [0.2, 0.25) is 0 Å². The van der Waals surface area contributed by atoms with Crippen LogP contribution in [0, 0.1) is 17.8 Å². The highest BCUT2D eigenvalue weighted by Crippen LogP contribution is 2.20. The molecule has 0 saturated carbocycles. The molecular formula is C46H71N13O10. The molecule has 23 heteroatoms. The molecule has 15 N–H and O–H groups in total. The first-order valence-electron chi connectivity index (χ1n) is 23.0. The smallest absolute Gasteiger partial charge is 0.245 e. The second-order valence-electron chi connectivity index (χ2n) is 18.5. The minimum absolute atomic E-state index is 0.000523. The van der Waals surface area contributed by atoms with E-state index >= 15 is 0 Å². The molecule has 3 rings (SSSR count). The molecule has 380 valence electrons. The molecule has 9 amide bonds. The van der Waals surface area contributed by atoms with Crippen LogP contribution in [0.25, 0.3) is 10.9 Å². The number of para-hydroxylation sites is 1. The lowest BCUT2D eigenvalue weighted by Crippen LogP contribution is -2.59. The maximum absolute atomic E-state index is 13.9. The molecule has 0 radical (unpaired) electrons. The first kappa shape index (κ1) is 56.4. The number of rotatable bonds is 28. The number of fused-ring (bicyclic) bond motifs is 1. The Kier molecular flexibility index (Phi) is 21.8. The maximum Gasteiger partial charge on any atom is 0.245 e. The average molecular weight is 966 g/mol. The molecule has 0 fully saturated rings. The summed E-state index contributed by atoms with van der Waals surface area (Å²) in [7, 11) is 1.34. The summed E-state index contributed by atoms with van der Waals surface area (Å²) in [6, 6.07) is -0.633. The number of carbonyl (C=O) groups is 9. The lowest BCUT2D eigenvalue weighted by molar-refractivity contribution is -0.140. The minimum Gasteiger partial charge on any atom is -0.390 e. The van der Waals surface area contributed by atoms with Crippen LogP contribution < -0.4 is 49.1 Å². The fourth-order valence-corrected chi connectivity index (χ4v) is 7.46. The quantitative estimate of drug-likeness (QED) is 0.0386. The van der Waals surface area contributed by atoms with Gasteiger partial charge >= 0.3 is 0 Å². The molecule has 0 aliphatic heterocycles. The zero-order chi connectivity index (χ0) is 51.7. The summed E-state index contributed by atoms with van der Waals surface area (Å²) in [4.78, 5) is 129. The zero-order valence-corrected chi connectivity index (χ0v) is 40.6. The molecule has 69 heavy (non-hydrogen) atoms. The van der Waals surface area contributed by atoms with E-state index in [4.69, 9.17) is 17.2 Å². The number of aliphatic hydroxyl groups excluding tert-OH is 1. The molecule has 3 aromatic rings. The van der Waals surface area contributed by atoms with Crippen LogP contribution in [0.4, 0.5) is 0 Å². The number of nitrogens with zero attached hydrogens (tertiary/aromatic N) is 2. The number of carbonyl (C=O) groups excluding carboxylic acids is 9. The molecule has 0 bridgehead atoms. The van der Waals surface area contributed by atoms with Crippen molar-refractivity contribution in [2.45, 2.75) is 135 Å². The van der Waals surface area contributed by atoms with Crippen LogP contribution in [-0.2, 0) is 56.0 Å². The predicted molar refractivity (Wildman–Crippen MR) is 255 cm³/mol. The van der Waals surface area contributed by atoms with Gasteiger partial charge in [0.05, 0.1) is 37.5 Å². The van der Waals surface area contributed by atoms with Gasteiger partial charge in [-0.2, -0.15) is 0 Å². The zero-order valence-electron chi connectivity index (χ0n) is 40.6. The number of H-pyrrole nitrogens is 2. The van der Waals surface area contributed by atoms with E-state index in [1.54, 1.807) is 33.9 Å². The number of aromatic amines is 2. The number of imidazole rings is 1. The molecule has 1 aromatic carbocycles. The normalized spacial score (nSPS) is 14.9. The summed E-state index contributed by atoms with van der Waals surface area (Å²) < 4.78 is 0. The summed E-state index contributed by atoms with van der Waals surface area (Å²) in [5, 5.41) is 27.7. The molecule has 8 atom stereocenters. The lowest BCUT2D eigenvalue weighted by Gasteiger charge is -2.30. The highest BCUT2D eigenvalue weighted by atomic mass is 16.3. The third kappa shape index (κ3) is 17.9. The fraction of sp³-hybridized carbons (Fsp3) is 0.565. The van der Waals surface area contributed by atoms with Crippen LogP contribution in [0.15, 0.2) is 43.0 Å². The van der Waals surface area contributed by atoms with Gasteiger partial charge in [-0.05, 0) is 49.1 Å². The summed E-state index contributed by atoms with van der Waals surface area (Å²) in [5.74, 6) is -7.20. The Morgan fingerprint density at radius 1 is 0.739 bits per heavy atom. The van der Waals surface area contributed by atoms with E-state index in [-0.39, 0.29) is 31.6 Å². The number of benzene rings is 1. The number of nitrogens with one attached hydrogen (secondary N) is 8. The first-order chi connectivity index (χ1) is 32.4. The number of aliphatic hydroxyl groups is 1. The van der Waals surface area contributed by atoms with Gasteiger partial charge in [-0.15, -0.1) is 0 Å². The van der Waals surface area contributed by atoms with Crippen molar-refractivity contribution in [2.75, 3.05) is 13.6 Å². The van der Waals surface area contributed by atoms with Crippen LogP contribution in [-0.4, -0.2) is 140 Å². The minimum atomic E-state index is -1.40. The van der Waals surface area contributed by atoms with Crippen molar-refractivity contribution in [3.05, 3.63) is 54.2 Å². The number of amides is 9. The average Bonchev–Trinajstić information content (AvgIpc) is 3.94. The molecular weight excluding hydrogens is 895 g/mol. The van der Waals surface area contributed by atoms with E-state index in [2.05, 4.69) is 46.9 Å². The molecule has 23 nitrogen and oxygen atoms in total. The van der Waals surface area contributed by atoms with Crippen molar-refractivity contribution in [3.8, 4) is 0 Å². The Balaban J connectivity index is 1.70. The van der Waals surface area contributed by atoms with E-state index in [0.29, 0.717) is 17.7 Å². The van der Waals surface area contributed by atoms with Crippen LogP contribution in [0.1, 0.15) is 85.4 Å². The summed E-state index contributed by atoms with van der Waals surface area (Å²) in [6.45, 7) is 11.3. The molecule has 0 unspecified atom stereocenters. The largest absolute Gasteiger partial charge is 0.390 e. The Bertz CT molecular complexity index is 2250. The fourth-order valence-electron chi connectivity index (χ4n) is 7.46. The Morgan fingerprint density at radius 3 is 1.97 bits per heavy atom. The van der Waals surface area contributed by atoms with Gasteiger partial charge in [0.25, 0.3) is 0 Å². The van der Waals surface area contributed by atoms with Gasteiger partial charge in [-0.1, -0.05) is 59.7 Å². The van der Waals surface area contributed by atoms with Gasteiger partial charge in [0.1, 0.15) is 30.2 Å². The number of aromatic nitrogens is 3. The summed E-state index contributed by atoms with van der Waals surface area (Å²) >= 11 is 0. The number of hydrogen-bond acceptors (Lipinski definition) is 12. The van der Waals surface area contributed by atoms with Crippen LogP contribution in [0.5, 0.6) is 0 Å². The second kappa shape index (κ2) is 26.6. The molecule has 0 aliphatic carbocycles. The molecule has 2 aromatic heterocycles. The van der Waals surface area contributed by atoms with Crippen molar-refractivity contribution in [1.82, 2.24) is 51.8 Å². The first-order valence-corrected chi connectivity index (χ1v) is 23.0. The second-order valence-corrected chi connectivity index (χ2v) is 18.5. The van der Waals surface area contributed by atoms with E-state index in [0.717, 1.165) is 15.8 Å². The van der Waals surface area contributed by atoms with E-state index in [1.807, 2.05) is 38.1 Å². The van der Waals surface area contributed by atoms with Gasteiger partial charge in [0.15, 0.2) is 0 Å². The van der Waals surface area contributed by atoms with Crippen molar-refractivity contribution >= 4 is 64.1 Å². The third-order valence-corrected chi connectivity index (χ3v) is 11.4. The topological polar surface area (TPSA) is 372 Å². The van der Waals surface area contributed by atoms with Gasteiger partial charge < -0.3 is 69.1 Å². The monoisotopic (exact) mass is 966 g/mol. The highest BCUT2D eigenvalue weighted by molar-refractivity contribution is 5.96. The molecule has 0 aliphatic rings. The predicted octanol–water partition coefficient (Wildman–Crippen LogP) is -1.75. The van der Waals surface area contributed by atoms with Crippen molar-refractivity contribution in [2.24, 2.45) is 35.0 Å². The molecule has 0 spiro atoms. The molecule has 2 heterocycles. The van der Waals surface area contributed by atoms with Crippen molar-refractivity contribution in [3.63, 3.8) is 0 Å². The van der Waals surface area contributed by atoms with Crippen LogP contribution in [0.3, 0.4) is 0 Å². The van der Waals surface area contributed by atoms with Gasteiger partial charge in [-0.3, -0.25) is 43.2 Å². The number of likely N-dealkylation sites (N-methyl/N-ethyl adjacent to an activating group) is 1. The number of nitrogens with two attached hydrogens (primary N) is 3. The third-order valence-electron chi connectivity index (χ3n) is 11.4. The number of hydrogen-bond donors (Lipinski definition) is 12. The Labute approximate surface area is 401 Å². The SMILES string of the molecule is CC(C)C[C@H](NC(=O)C[C@@H](O)[C@@H](NC(=O)[C@H](Cc1cnc[nH]1)NC(=O)CN(C)C(=O)[C@@H](NC(=O)[C@H](C)NC(=O)[C@H](Cc1c[nH]c2ccccc12)NC(=O)[C@@H](N)CCC(N)=O)C(C)C)C(C)C)C(N)=O. The van der Waals surface area contributed by atoms with Gasteiger partial charge in [-0.25, -0.2) is 4.98 Å². The van der Waals surface area contributed by atoms with E-state index in [9.17, 15) is 48.3 Å². The van der Waals surface area contributed by atoms with Gasteiger partial charge in [0.2, 0.25) is 53.2 Å². The highest BCUT2D eigenvalue weighted by Gasteiger charge is 2.34. The lowest BCUT2D eigenvalue weighted by atomic mass is 9.95. The summed E-state index contributed by atoms with van der Waals surface area (Å²) in [6.07, 6.45) is 2.69. The maximum atomic E-state index is 13.9. The van der Waals surface area contributed by atoms with Crippen LogP contribution >= 0.6 is 0 Å². The van der Waals surface area contributed by atoms with Crippen molar-refractivity contribution < 1.29 is 48.3 Å². The van der Waals surface area contributed by atoms with E-state index in [1.165, 1.54) is 26.5 Å². The van der Waals surface area contributed by atoms with Gasteiger partial charge in [0, 0.05) is 55.3 Å². The standard InChI is InChI=1S/C46H71N13O10/c1-23(2)15-32(41(49)64)54-37(62)18-35(60)39(24(3)4)57-45(68)34(17-28-20-50-22-52-28)55-38(63)21-59(8)46(69)40(25(5)6)58-42(65)26(7)53-44(67)33(56-43(66)30(47)13-14-36(48)61)16-27-19-51-31-12-10-9-11-29(27)31/h9-12,19-20,22-26,30,32-35,39-40,51,60H,13-18,21,47H2,1-8H3,(H2,48,61)(H2,49,64)(H,50,52)(H,53,67)(H,54,62)(H,55,63)(H,56,66)(H,57,68)(H,58,65)/t26-,30-,32-,33-,34-,35+,39-,40-/m0/s1. The molecule has 0 saturated heterocycles. The Morgan fingerprint density at radius 2 is 1.38 bits per heavy atom. The van der Waals surface area contributed by atoms with E-state index < -0.39 is 126 Å².